The molecule has 1 rings (SSSR count). The first-order valence-electron chi connectivity index (χ1n) is 5.55. The van der Waals surface area contributed by atoms with E-state index in [-0.39, 0.29) is 30.1 Å². The van der Waals surface area contributed by atoms with E-state index in [9.17, 15) is 14.4 Å². The van der Waals surface area contributed by atoms with Gasteiger partial charge in [-0.3, -0.25) is 9.59 Å². The summed E-state index contributed by atoms with van der Waals surface area (Å²) in [6, 6.07) is -1.04. The third kappa shape index (κ3) is 3.72. The van der Waals surface area contributed by atoms with Crippen LogP contribution in [-0.4, -0.2) is 28.9 Å². The van der Waals surface area contributed by atoms with Gasteiger partial charge < -0.3 is 16.2 Å². The predicted molar refractivity (Wildman–Crippen MR) is 59.9 cm³/mol. The molecule has 0 aromatic rings. The first-order valence-corrected chi connectivity index (χ1v) is 5.55. The number of carbonyl (C=O) groups excluding carboxylic acids is 2. The largest absolute Gasteiger partial charge is 0.480 e. The second kappa shape index (κ2) is 4.73. The molecule has 1 aliphatic carbocycles. The van der Waals surface area contributed by atoms with Gasteiger partial charge in [0.15, 0.2) is 0 Å². The summed E-state index contributed by atoms with van der Waals surface area (Å²) in [6.45, 7) is 3.91. The summed E-state index contributed by atoms with van der Waals surface area (Å²) in [5, 5.41) is 11.3. The van der Waals surface area contributed by atoms with Crippen LogP contribution in [0.15, 0.2) is 0 Å². The van der Waals surface area contributed by atoms with Gasteiger partial charge in [0, 0.05) is 12.3 Å². The lowest BCUT2D eigenvalue weighted by Crippen LogP contribution is -2.42. The highest BCUT2D eigenvalue weighted by Crippen LogP contribution is 2.51. The van der Waals surface area contributed by atoms with Crippen molar-refractivity contribution in [1.29, 1.82) is 0 Å². The Balaban J connectivity index is 2.47. The molecule has 96 valence electrons. The lowest BCUT2D eigenvalue weighted by atomic mass is 10.1. The van der Waals surface area contributed by atoms with Crippen LogP contribution in [0.25, 0.3) is 0 Å². The predicted octanol–water partition coefficient (Wildman–Crippen LogP) is -0.133. The molecule has 2 amide bonds. The van der Waals surface area contributed by atoms with Crippen LogP contribution in [0.3, 0.4) is 0 Å². The van der Waals surface area contributed by atoms with E-state index in [1.165, 1.54) is 0 Å². The summed E-state index contributed by atoms with van der Waals surface area (Å²) < 4.78 is 0. The smallest absolute Gasteiger partial charge is 0.326 e. The van der Waals surface area contributed by atoms with Crippen molar-refractivity contribution >= 4 is 17.8 Å². The zero-order valence-corrected chi connectivity index (χ0v) is 10.0. The van der Waals surface area contributed by atoms with Gasteiger partial charge in [0.25, 0.3) is 0 Å². The molecular formula is C11H18N2O4. The first kappa shape index (κ1) is 13.5. The first-order chi connectivity index (χ1) is 7.74. The third-order valence-corrected chi connectivity index (χ3v) is 3.12. The summed E-state index contributed by atoms with van der Waals surface area (Å²) >= 11 is 0. The van der Waals surface area contributed by atoms with E-state index in [4.69, 9.17) is 10.8 Å². The minimum atomic E-state index is -1.14. The summed E-state index contributed by atoms with van der Waals surface area (Å²) in [7, 11) is 0. The fourth-order valence-electron chi connectivity index (χ4n) is 1.73. The number of nitrogens with one attached hydrogen (secondary N) is 1. The van der Waals surface area contributed by atoms with Crippen molar-refractivity contribution in [1.82, 2.24) is 5.32 Å². The van der Waals surface area contributed by atoms with Crippen molar-refractivity contribution in [3.8, 4) is 0 Å². The van der Waals surface area contributed by atoms with Gasteiger partial charge in [0.2, 0.25) is 11.8 Å². The fraction of sp³-hybridized carbons (Fsp3) is 0.727. The number of rotatable bonds is 6. The van der Waals surface area contributed by atoms with Gasteiger partial charge in [-0.1, -0.05) is 13.8 Å². The van der Waals surface area contributed by atoms with E-state index < -0.39 is 17.9 Å². The SMILES string of the molecule is CC1(C)CC1C(=O)N[C@H](CCC(N)=O)C(=O)O. The van der Waals surface area contributed by atoms with Crippen molar-refractivity contribution in [2.45, 2.75) is 39.2 Å². The highest BCUT2D eigenvalue weighted by atomic mass is 16.4. The van der Waals surface area contributed by atoms with Gasteiger partial charge in [-0.25, -0.2) is 4.79 Å². The molecule has 6 nitrogen and oxygen atoms in total. The summed E-state index contributed by atoms with van der Waals surface area (Å²) in [6.07, 6.45) is 0.746. The number of amides is 2. The normalized spacial score (nSPS) is 22.6. The number of carbonyl (C=O) groups is 3. The van der Waals surface area contributed by atoms with Gasteiger partial charge in [-0.05, 0) is 18.3 Å². The molecule has 1 saturated carbocycles. The van der Waals surface area contributed by atoms with E-state index in [1.54, 1.807) is 0 Å². The Hall–Kier alpha value is -1.59. The summed E-state index contributed by atoms with van der Waals surface area (Å²) in [5.41, 5.74) is 4.90. The fourth-order valence-corrected chi connectivity index (χ4v) is 1.73. The molecule has 0 aromatic heterocycles. The van der Waals surface area contributed by atoms with Crippen molar-refractivity contribution in [2.75, 3.05) is 0 Å². The molecule has 0 radical (unpaired) electrons. The topological polar surface area (TPSA) is 109 Å². The average molecular weight is 242 g/mol. The molecule has 0 aromatic carbocycles. The number of nitrogens with two attached hydrogens (primary N) is 1. The minimum absolute atomic E-state index is 0.0313. The lowest BCUT2D eigenvalue weighted by molar-refractivity contribution is -0.142. The molecule has 17 heavy (non-hydrogen) atoms. The van der Waals surface area contributed by atoms with E-state index in [2.05, 4.69) is 5.32 Å². The van der Waals surface area contributed by atoms with Crippen LogP contribution >= 0.6 is 0 Å². The second-order valence-corrected chi connectivity index (χ2v) is 5.15. The number of aliphatic carboxylic acids is 1. The number of primary amides is 1. The highest BCUT2D eigenvalue weighted by molar-refractivity contribution is 5.87. The van der Waals surface area contributed by atoms with Gasteiger partial charge in [0.05, 0.1) is 0 Å². The van der Waals surface area contributed by atoms with Crippen molar-refractivity contribution in [2.24, 2.45) is 17.1 Å². The van der Waals surface area contributed by atoms with Crippen molar-refractivity contribution in [3.63, 3.8) is 0 Å². The van der Waals surface area contributed by atoms with Crippen LogP contribution in [-0.2, 0) is 14.4 Å². The standard InChI is InChI=1S/C11H18N2O4/c1-11(2)5-6(11)9(15)13-7(10(16)17)3-4-8(12)14/h6-7H,3-5H2,1-2H3,(H2,12,14)(H,13,15)(H,16,17)/t6?,7-/m1/s1. The van der Waals surface area contributed by atoms with Crippen LogP contribution in [0.2, 0.25) is 0 Å². The molecular weight excluding hydrogens is 224 g/mol. The Morgan fingerprint density at radius 1 is 1.47 bits per heavy atom. The number of carboxylic acid groups (broad SMARTS) is 1. The zero-order valence-electron chi connectivity index (χ0n) is 10.0. The number of hydrogen-bond donors (Lipinski definition) is 3. The number of carboxylic acids is 1. The average Bonchev–Trinajstić information content (AvgIpc) is 2.81. The van der Waals surface area contributed by atoms with Gasteiger partial charge in [0.1, 0.15) is 6.04 Å². The third-order valence-electron chi connectivity index (χ3n) is 3.12. The van der Waals surface area contributed by atoms with E-state index in [0.29, 0.717) is 0 Å². The molecule has 0 saturated heterocycles. The van der Waals surface area contributed by atoms with Crippen LogP contribution < -0.4 is 11.1 Å². The second-order valence-electron chi connectivity index (χ2n) is 5.15. The lowest BCUT2D eigenvalue weighted by Gasteiger charge is -2.14. The van der Waals surface area contributed by atoms with Crippen molar-refractivity contribution in [3.05, 3.63) is 0 Å². The minimum Gasteiger partial charge on any atom is -0.480 e. The molecule has 4 N–H and O–H groups in total. The van der Waals surface area contributed by atoms with Gasteiger partial charge in [-0.2, -0.15) is 0 Å². The molecule has 1 aliphatic rings. The molecule has 6 heteroatoms. The quantitative estimate of drug-likeness (QED) is 0.602. The van der Waals surface area contributed by atoms with Crippen LogP contribution in [0.1, 0.15) is 33.1 Å². The van der Waals surface area contributed by atoms with Gasteiger partial charge >= 0.3 is 5.97 Å². The molecule has 2 atom stereocenters. The molecule has 1 fully saturated rings. The van der Waals surface area contributed by atoms with E-state index in [1.807, 2.05) is 13.8 Å². The van der Waals surface area contributed by atoms with E-state index >= 15 is 0 Å². The Bertz CT molecular complexity index is 351. The molecule has 0 spiro atoms. The molecule has 0 aliphatic heterocycles. The monoisotopic (exact) mass is 242 g/mol. The Labute approximate surface area is 99.6 Å². The van der Waals surface area contributed by atoms with Crippen LogP contribution in [0.5, 0.6) is 0 Å². The summed E-state index contributed by atoms with van der Waals surface area (Å²) in [5.74, 6) is -2.10. The molecule has 0 heterocycles. The molecule has 0 bridgehead atoms. The maximum Gasteiger partial charge on any atom is 0.326 e. The Morgan fingerprint density at radius 3 is 2.35 bits per heavy atom. The number of hydrogen-bond acceptors (Lipinski definition) is 3. The van der Waals surface area contributed by atoms with Crippen LogP contribution in [0.4, 0.5) is 0 Å². The van der Waals surface area contributed by atoms with Gasteiger partial charge in [-0.15, -0.1) is 0 Å². The highest BCUT2D eigenvalue weighted by Gasteiger charge is 2.51. The van der Waals surface area contributed by atoms with E-state index in [0.717, 1.165) is 6.42 Å². The zero-order chi connectivity index (χ0) is 13.2. The Kier molecular flexibility index (Phi) is 3.75. The van der Waals surface area contributed by atoms with Crippen LogP contribution in [0, 0.1) is 11.3 Å². The summed E-state index contributed by atoms with van der Waals surface area (Å²) in [4.78, 5) is 33.2. The Morgan fingerprint density at radius 2 is 2.00 bits per heavy atom. The maximum absolute atomic E-state index is 11.7. The maximum atomic E-state index is 11.7. The van der Waals surface area contributed by atoms with Crippen molar-refractivity contribution < 1.29 is 19.5 Å². The molecule has 1 unspecified atom stereocenters.